The fraction of sp³-hybridized carbons (Fsp3) is 0.533. The summed E-state index contributed by atoms with van der Waals surface area (Å²) in [4.78, 5) is 2.27. The van der Waals surface area contributed by atoms with E-state index in [1.807, 2.05) is 19.9 Å². The lowest BCUT2D eigenvalue weighted by Gasteiger charge is -2.27. The van der Waals surface area contributed by atoms with E-state index in [9.17, 15) is 8.42 Å². The first-order valence-corrected chi connectivity index (χ1v) is 8.55. The largest absolute Gasteiger partial charge is 0.383 e. The van der Waals surface area contributed by atoms with Gasteiger partial charge in [0.1, 0.15) is 0 Å². The number of hydrogen-bond donors (Lipinski definition) is 0. The van der Waals surface area contributed by atoms with Crippen molar-refractivity contribution in [1.29, 1.82) is 5.26 Å². The molecular weight excluding hydrogens is 288 g/mol. The third-order valence-electron chi connectivity index (χ3n) is 3.41. The second kappa shape index (κ2) is 8.13. The van der Waals surface area contributed by atoms with Crippen LogP contribution in [-0.2, 0) is 14.6 Å². The first-order chi connectivity index (χ1) is 9.94. The van der Waals surface area contributed by atoms with E-state index in [0.29, 0.717) is 18.7 Å². The van der Waals surface area contributed by atoms with Crippen LogP contribution in [0.2, 0.25) is 0 Å². The number of benzene rings is 1. The predicted molar refractivity (Wildman–Crippen MR) is 81.8 cm³/mol. The maximum atomic E-state index is 12.3. The Hall–Kier alpha value is -1.42. The molecule has 0 aliphatic carbocycles. The predicted octanol–water partition coefficient (Wildman–Crippen LogP) is 1.69. The molecule has 0 radical (unpaired) electrons. The molecule has 0 spiro atoms. The quantitative estimate of drug-likeness (QED) is 0.731. The Kier molecular flexibility index (Phi) is 6.82. The van der Waals surface area contributed by atoms with Crippen LogP contribution in [0, 0.1) is 11.3 Å². The van der Waals surface area contributed by atoms with Crippen LogP contribution in [0.3, 0.4) is 0 Å². The van der Waals surface area contributed by atoms with Gasteiger partial charge in [0.25, 0.3) is 0 Å². The number of rotatable bonds is 8. The minimum Gasteiger partial charge on any atom is -0.383 e. The van der Waals surface area contributed by atoms with Gasteiger partial charge in [0.15, 0.2) is 9.84 Å². The van der Waals surface area contributed by atoms with Gasteiger partial charge in [0.05, 0.1) is 28.9 Å². The number of likely N-dealkylation sites (N-methyl/N-ethyl adjacent to an activating group) is 1. The van der Waals surface area contributed by atoms with E-state index in [1.165, 1.54) is 12.1 Å². The smallest absolute Gasteiger partial charge is 0.179 e. The van der Waals surface area contributed by atoms with Crippen LogP contribution in [0.15, 0.2) is 29.2 Å². The van der Waals surface area contributed by atoms with Crippen molar-refractivity contribution in [2.45, 2.75) is 24.8 Å². The second-order valence-corrected chi connectivity index (χ2v) is 7.00. The Bertz CT molecular complexity index is 593. The number of methoxy groups -OCH3 is 1. The van der Waals surface area contributed by atoms with E-state index in [-0.39, 0.29) is 16.7 Å². The number of ether oxygens (including phenoxy) is 1. The van der Waals surface area contributed by atoms with Crippen LogP contribution < -0.4 is 0 Å². The van der Waals surface area contributed by atoms with Gasteiger partial charge in [-0.05, 0) is 31.7 Å². The van der Waals surface area contributed by atoms with Crippen molar-refractivity contribution in [1.82, 2.24) is 4.90 Å². The maximum absolute atomic E-state index is 12.3. The van der Waals surface area contributed by atoms with Gasteiger partial charge in [-0.15, -0.1) is 0 Å². The lowest BCUT2D eigenvalue weighted by Crippen LogP contribution is -2.39. The fourth-order valence-corrected chi connectivity index (χ4v) is 3.45. The van der Waals surface area contributed by atoms with Crippen LogP contribution in [-0.4, -0.2) is 51.9 Å². The molecule has 0 aliphatic heterocycles. The summed E-state index contributed by atoms with van der Waals surface area (Å²) in [6, 6.07) is 8.27. The van der Waals surface area contributed by atoms with E-state index in [4.69, 9.17) is 10.00 Å². The molecular formula is C15H22N2O3S. The highest BCUT2D eigenvalue weighted by molar-refractivity contribution is 7.91. The van der Waals surface area contributed by atoms with Gasteiger partial charge in [0, 0.05) is 19.7 Å². The SMILES string of the molecule is CCN(CCS(=O)(=O)c1cccc(C#N)c1)C(C)COC. The zero-order valence-corrected chi connectivity index (χ0v) is 13.6. The average Bonchev–Trinajstić information content (AvgIpc) is 2.48. The monoisotopic (exact) mass is 310 g/mol. The molecule has 1 aromatic rings. The first kappa shape index (κ1) is 17.6. The molecule has 1 atom stereocenters. The van der Waals surface area contributed by atoms with Gasteiger partial charge in [-0.2, -0.15) is 5.26 Å². The van der Waals surface area contributed by atoms with E-state index < -0.39 is 9.84 Å². The second-order valence-electron chi connectivity index (χ2n) is 4.89. The minimum atomic E-state index is -3.38. The fourth-order valence-electron chi connectivity index (χ4n) is 2.15. The molecule has 0 bridgehead atoms. The van der Waals surface area contributed by atoms with Crippen molar-refractivity contribution in [2.24, 2.45) is 0 Å². The molecule has 5 nitrogen and oxygen atoms in total. The number of hydrogen-bond acceptors (Lipinski definition) is 5. The molecule has 1 unspecified atom stereocenters. The van der Waals surface area contributed by atoms with Crippen LogP contribution >= 0.6 is 0 Å². The van der Waals surface area contributed by atoms with E-state index in [2.05, 4.69) is 4.90 Å². The number of nitriles is 1. The minimum absolute atomic E-state index is 0.0315. The summed E-state index contributed by atoms with van der Waals surface area (Å²) in [5.41, 5.74) is 0.358. The summed E-state index contributed by atoms with van der Waals surface area (Å²) in [5, 5.41) is 8.85. The van der Waals surface area contributed by atoms with Crippen molar-refractivity contribution in [3.05, 3.63) is 29.8 Å². The molecule has 0 N–H and O–H groups in total. The van der Waals surface area contributed by atoms with Crippen LogP contribution in [0.1, 0.15) is 19.4 Å². The Morgan fingerprint density at radius 3 is 2.71 bits per heavy atom. The Balaban J connectivity index is 2.78. The summed E-state index contributed by atoms with van der Waals surface area (Å²) in [5.74, 6) is 0.0315. The lowest BCUT2D eigenvalue weighted by molar-refractivity contribution is 0.107. The molecule has 6 heteroatoms. The van der Waals surface area contributed by atoms with E-state index >= 15 is 0 Å². The zero-order valence-electron chi connectivity index (χ0n) is 12.7. The molecule has 1 aromatic carbocycles. The van der Waals surface area contributed by atoms with Crippen LogP contribution in [0.25, 0.3) is 0 Å². The molecule has 0 saturated heterocycles. The molecule has 0 aliphatic rings. The Labute approximate surface area is 127 Å². The summed E-state index contributed by atoms with van der Waals surface area (Å²) in [6.07, 6.45) is 0. The molecule has 0 fully saturated rings. The average molecular weight is 310 g/mol. The maximum Gasteiger partial charge on any atom is 0.179 e. The van der Waals surface area contributed by atoms with Gasteiger partial charge in [-0.25, -0.2) is 8.42 Å². The van der Waals surface area contributed by atoms with E-state index in [1.54, 1.807) is 19.2 Å². The zero-order chi connectivity index (χ0) is 15.9. The van der Waals surface area contributed by atoms with Gasteiger partial charge >= 0.3 is 0 Å². The van der Waals surface area contributed by atoms with E-state index in [0.717, 1.165) is 6.54 Å². The molecule has 0 saturated carbocycles. The van der Waals surface area contributed by atoms with Gasteiger partial charge in [-0.1, -0.05) is 13.0 Å². The molecule has 0 heterocycles. The third-order valence-corrected chi connectivity index (χ3v) is 5.10. The van der Waals surface area contributed by atoms with Crippen molar-refractivity contribution >= 4 is 9.84 Å². The Morgan fingerprint density at radius 1 is 1.43 bits per heavy atom. The highest BCUT2D eigenvalue weighted by Gasteiger charge is 2.19. The van der Waals surface area contributed by atoms with Crippen LogP contribution in [0.4, 0.5) is 0 Å². The summed E-state index contributed by atoms with van der Waals surface area (Å²) in [7, 11) is -1.75. The van der Waals surface area contributed by atoms with Gasteiger partial charge < -0.3 is 4.74 Å². The molecule has 1 rings (SSSR count). The summed E-state index contributed by atoms with van der Waals surface area (Å²) in [6.45, 7) is 5.78. The van der Waals surface area contributed by atoms with Crippen molar-refractivity contribution < 1.29 is 13.2 Å². The number of nitrogens with zero attached hydrogens (tertiary/aromatic N) is 2. The standard InChI is InChI=1S/C15H22N2O3S/c1-4-17(13(2)12-20-3)8-9-21(18,19)15-7-5-6-14(10-15)11-16/h5-7,10,13H,4,8-9,12H2,1-3H3. The summed E-state index contributed by atoms with van der Waals surface area (Å²) < 4.78 is 29.8. The molecule has 116 valence electrons. The highest BCUT2D eigenvalue weighted by Crippen LogP contribution is 2.13. The third kappa shape index (κ3) is 5.12. The molecule has 21 heavy (non-hydrogen) atoms. The van der Waals surface area contributed by atoms with Gasteiger partial charge in [0.2, 0.25) is 0 Å². The topological polar surface area (TPSA) is 70.4 Å². The molecule has 0 aromatic heterocycles. The number of sulfone groups is 1. The normalized spacial score (nSPS) is 13.1. The first-order valence-electron chi connectivity index (χ1n) is 6.90. The van der Waals surface area contributed by atoms with Crippen molar-refractivity contribution in [3.8, 4) is 6.07 Å². The molecule has 0 amide bonds. The van der Waals surface area contributed by atoms with Crippen molar-refractivity contribution in [2.75, 3.05) is 32.6 Å². The Morgan fingerprint density at radius 2 is 2.14 bits per heavy atom. The highest BCUT2D eigenvalue weighted by atomic mass is 32.2. The van der Waals surface area contributed by atoms with Crippen LogP contribution in [0.5, 0.6) is 0 Å². The lowest BCUT2D eigenvalue weighted by atomic mass is 10.2. The van der Waals surface area contributed by atoms with Gasteiger partial charge in [-0.3, -0.25) is 4.90 Å². The summed E-state index contributed by atoms with van der Waals surface area (Å²) >= 11 is 0. The van der Waals surface area contributed by atoms with Crippen molar-refractivity contribution in [3.63, 3.8) is 0 Å².